The average molecular weight is 1920 g/mol. The summed E-state index contributed by atoms with van der Waals surface area (Å²) in [5.74, 6) is 3.97. The van der Waals surface area contributed by atoms with Gasteiger partial charge in [-0.05, 0) is 225 Å². The van der Waals surface area contributed by atoms with E-state index in [4.69, 9.17) is 39.9 Å². The Labute approximate surface area is 861 Å². The zero-order valence-corrected chi connectivity index (χ0v) is 82.9. The Morgan fingerprint density at radius 3 is 1.18 bits per heavy atom. The number of thiophene rings is 2. The molecule has 0 bridgehead atoms. The van der Waals surface area contributed by atoms with Crippen molar-refractivity contribution in [3.63, 3.8) is 0 Å². The monoisotopic (exact) mass is 1920 g/mol. The fourth-order valence-electron chi connectivity index (χ4n) is 24.0. The number of benzene rings is 24. The van der Waals surface area contributed by atoms with Gasteiger partial charge in [0.1, 0.15) is 0 Å². The number of nitrogens with zero attached hydrogens (tertiary/aromatic N) is 8. The van der Waals surface area contributed by atoms with Crippen LogP contribution in [0.4, 0.5) is 0 Å². The summed E-state index contributed by atoms with van der Waals surface area (Å²) in [5.41, 5.74) is 24.8. The molecule has 0 aliphatic heterocycles. The summed E-state index contributed by atoms with van der Waals surface area (Å²) in [6.07, 6.45) is 0. The Balaban J connectivity index is 0.000000106. The van der Waals surface area contributed by atoms with Crippen LogP contribution >= 0.6 is 22.7 Å². The molecule has 0 amide bonds. The molecule has 148 heavy (non-hydrogen) atoms. The molecule has 0 N–H and O–H groups in total. The SMILES string of the molecule is CC1(C)c2ccccc2-c2c1ccc1ccc3ccc4cc(-c5nc(-c6ccccc6)nc(-c6ccc7sc8ccccc8c7c6)n5)ccc4c3c21.CC1(C)c2ccccc2-c2ccc3ccc4ccc5cc(-c6ccc(-c7nc(-c8ccccc8)nc(-c8ccccc8)n7)c7ccccc67)ccc5c4c3c21.c1ccc(-c2nc3ccccc3nc2-c2ccc3c(ccc4c3c3ccccc3c3sc5ccccc5c43)c2)cc1. The first-order valence-electron chi connectivity index (χ1n) is 50.6. The Bertz CT molecular complexity index is 10600. The van der Waals surface area contributed by atoms with Gasteiger partial charge in [0.05, 0.1) is 22.4 Å². The molecule has 0 unspecified atom stereocenters. The summed E-state index contributed by atoms with van der Waals surface area (Å²) in [5, 5.41) is 30.4. The molecule has 24 aromatic carbocycles. The molecule has 29 aromatic rings. The van der Waals surface area contributed by atoms with Crippen molar-refractivity contribution in [2.75, 3.05) is 0 Å². The average Bonchev–Trinajstić information content (AvgIpc) is 1.56. The van der Waals surface area contributed by atoms with Gasteiger partial charge in [0.25, 0.3) is 0 Å². The van der Waals surface area contributed by atoms with Gasteiger partial charge in [0.2, 0.25) is 0 Å². The summed E-state index contributed by atoms with van der Waals surface area (Å²) >= 11 is 3.71. The van der Waals surface area contributed by atoms with Crippen molar-refractivity contribution >= 4 is 182 Å². The highest BCUT2D eigenvalue weighted by atomic mass is 32.1. The van der Waals surface area contributed by atoms with Crippen LogP contribution in [0.2, 0.25) is 0 Å². The highest BCUT2D eigenvalue weighted by molar-refractivity contribution is 7.27. The van der Waals surface area contributed by atoms with Gasteiger partial charge in [-0.1, -0.05) is 422 Å². The molecule has 0 radical (unpaired) electrons. The fourth-order valence-corrected chi connectivity index (χ4v) is 26.3. The quantitative estimate of drug-likeness (QED) is 0.132. The first-order chi connectivity index (χ1) is 72.9. The van der Waals surface area contributed by atoms with E-state index < -0.39 is 0 Å². The van der Waals surface area contributed by atoms with Crippen molar-refractivity contribution in [3.05, 3.63) is 483 Å². The second-order valence-electron chi connectivity index (χ2n) is 40.1. The van der Waals surface area contributed by atoms with E-state index in [9.17, 15) is 0 Å². The fraction of sp³-hybridized carbons (Fsp3) is 0.0435. The van der Waals surface area contributed by atoms with E-state index in [0.717, 1.165) is 83.1 Å². The number of rotatable bonds is 9. The van der Waals surface area contributed by atoms with Crippen LogP contribution in [-0.2, 0) is 10.8 Å². The maximum Gasteiger partial charge on any atom is 0.164 e. The summed E-state index contributed by atoms with van der Waals surface area (Å²) in [6.45, 7) is 9.48. The Hall–Kier alpha value is -18.3. The zero-order valence-electron chi connectivity index (χ0n) is 81.3. The van der Waals surface area contributed by atoms with Crippen LogP contribution in [0.15, 0.2) is 461 Å². The summed E-state index contributed by atoms with van der Waals surface area (Å²) in [6, 6.07) is 165. The lowest BCUT2D eigenvalue weighted by Gasteiger charge is -2.24. The van der Waals surface area contributed by atoms with E-state index in [1.165, 1.54) is 188 Å². The van der Waals surface area contributed by atoms with E-state index in [1.54, 1.807) is 0 Å². The molecule has 2 aliphatic rings. The first kappa shape index (κ1) is 86.4. The van der Waals surface area contributed by atoms with Gasteiger partial charge < -0.3 is 0 Å². The zero-order chi connectivity index (χ0) is 98.1. The van der Waals surface area contributed by atoms with Crippen LogP contribution in [0.1, 0.15) is 49.9 Å². The normalized spacial score (nSPS) is 12.8. The number of hydrogen-bond acceptors (Lipinski definition) is 10. The van der Waals surface area contributed by atoms with Gasteiger partial charge in [-0.3, -0.25) is 0 Å². The number of hydrogen-bond donors (Lipinski definition) is 0. The second kappa shape index (κ2) is 34.2. The van der Waals surface area contributed by atoms with Crippen LogP contribution in [0, 0.1) is 0 Å². The van der Waals surface area contributed by atoms with Crippen LogP contribution in [0.3, 0.4) is 0 Å². The highest BCUT2D eigenvalue weighted by Crippen LogP contribution is 2.57. The first-order valence-corrected chi connectivity index (χ1v) is 52.2. The third-order valence-corrected chi connectivity index (χ3v) is 33.3. The summed E-state index contributed by atoms with van der Waals surface area (Å²) < 4.78 is 5.24. The molecular formula is C138H88N8S2. The topological polar surface area (TPSA) is 103 Å². The van der Waals surface area contributed by atoms with Gasteiger partial charge in [0, 0.05) is 101 Å². The van der Waals surface area contributed by atoms with Gasteiger partial charge in [-0.15, -0.1) is 22.7 Å². The molecule has 0 fully saturated rings. The lowest BCUT2D eigenvalue weighted by molar-refractivity contribution is 0.661. The lowest BCUT2D eigenvalue weighted by atomic mass is 9.79. The van der Waals surface area contributed by atoms with Crippen molar-refractivity contribution in [2.45, 2.75) is 38.5 Å². The van der Waals surface area contributed by atoms with E-state index in [1.807, 2.05) is 132 Å². The Kier molecular flexibility index (Phi) is 20.0. The van der Waals surface area contributed by atoms with E-state index in [0.29, 0.717) is 34.9 Å². The molecule has 2 aliphatic carbocycles. The number of para-hydroxylation sites is 2. The molecule has 0 spiro atoms. The molecule has 8 nitrogen and oxygen atoms in total. The predicted octanol–water partition coefficient (Wildman–Crippen LogP) is 37.3. The minimum atomic E-state index is -0.106. The van der Waals surface area contributed by atoms with E-state index in [-0.39, 0.29) is 10.8 Å². The summed E-state index contributed by atoms with van der Waals surface area (Å²) in [7, 11) is 0. The van der Waals surface area contributed by atoms with E-state index in [2.05, 4.69) is 380 Å². The minimum absolute atomic E-state index is 0.0616. The van der Waals surface area contributed by atoms with Crippen molar-refractivity contribution in [3.8, 4) is 124 Å². The van der Waals surface area contributed by atoms with Crippen LogP contribution in [-0.4, -0.2) is 39.9 Å². The summed E-state index contributed by atoms with van der Waals surface area (Å²) in [4.78, 5) is 40.6. The van der Waals surface area contributed by atoms with Gasteiger partial charge in [-0.2, -0.15) is 0 Å². The van der Waals surface area contributed by atoms with Crippen molar-refractivity contribution in [1.82, 2.24) is 39.9 Å². The van der Waals surface area contributed by atoms with Gasteiger partial charge in [-0.25, -0.2) is 39.9 Å². The van der Waals surface area contributed by atoms with Gasteiger partial charge in [0.15, 0.2) is 34.9 Å². The molecule has 5 heterocycles. The van der Waals surface area contributed by atoms with Crippen LogP contribution in [0.25, 0.3) is 283 Å². The largest absolute Gasteiger partial charge is 0.244 e. The smallest absolute Gasteiger partial charge is 0.164 e. The standard InChI is InChI=1S/C52H35N3.C48H31N3S.C38H22N2S/c1-52(2)45-20-12-11-19-42(45)43-28-25-33-22-21-32-23-24-37-31-36(26-27-39(37)46(32)47(33)48(43)52)38-29-30-44(41-18-10-9-17-40(38)41)51-54-49(34-13-5-3-6-14-34)53-50(55-51)35-15-7-4-8-16-35;1-48(2)38-14-8-6-13-36(38)44-39(48)24-21-29-17-16-28-18-19-31-26-32(20-23-34(31)42(28)43(29)44)46-49-45(30-10-4-3-5-11-30)50-47(51-46)33-22-25-41-37(27-33)35-12-7-9-15-40(35)52-41;1-2-10-23(11-3-1)36-37(40-32-16-8-7-15-31(32)39-36)25-19-20-26-24(22-25)18-21-30-34(26)27-12-4-5-13-28(27)38-35(30)29-14-6-9-17-33(29)41-38/h3-31H,1-2H3;3-27H,1-2H3;1-22H. The number of aromatic nitrogens is 8. The molecular weight excluding hydrogens is 1830 g/mol. The highest BCUT2D eigenvalue weighted by Gasteiger charge is 2.39. The third-order valence-electron chi connectivity index (χ3n) is 31.0. The maximum atomic E-state index is 5.16. The molecule has 0 saturated carbocycles. The molecule has 0 atom stereocenters. The van der Waals surface area contributed by atoms with Crippen molar-refractivity contribution in [2.24, 2.45) is 0 Å². The van der Waals surface area contributed by atoms with Gasteiger partial charge >= 0.3 is 0 Å². The van der Waals surface area contributed by atoms with Crippen molar-refractivity contribution < 1.29 is 0 Å². The third kappa shape index (κ3) is 14.0. The predicted molar refractivity (Wildman–Crippen MR) is 624 cm³/mol. The molecule has 5 aromatic heterocycles. The minimum Gasteiger partial charge on any atom is -0.244 e. The molecule has 10 heteroatoms. The lowest BCUT2D eigenvalue weighted by Crippen LogP contribution is -2.15. The molecule has 692 valence electrons. The Morgan fingerprint density at radius 2 is 0.561 bits per heavy atom. The number of fused-ring (bicyclic) bond motifs is 33. The van der Waals surface area contributed by atoms with Crippen molar-refractivity contribution in [1.29, 1.82) is 0 Å². The molecule has 31 rings (SSSR count). The van der Waals surface area contributed by atoms with Crippen LogP contribution in [0.5, 0.6) is 0 Å². The van der Waals surface area contributed by atoms with E-state index >= 15 is 0 Å². The van der Waals surface area contributed by atoms with Crippen LogP contribution < -0.4 is 0 Å². The second-order valence-corrected chi connectivity index (χ2v) is 42.3. The Morgan fingerprint density at radius 1 is 0.176 bits per heavy atom. The maximum absolute atomic E-state index is 5.16. The molecule has 0 saturated heterocycles.